The van der Waals surface area contributed by atoms with E-state index in [9.17, 15) is 0 Å². The maximum absolute atomic E-state index is 8.69. The number of rotatable bonds is 1. The zero-order valence-corrected chi connectivity index (χ0v) is 9.54. The summed E-state index contributed by atoms with van der Waals surface area (Å²) in [4.78, 5) is 0. The van der Waals surface area contributed by atoms with E-state index < -0.39 is 0 Å². The van der Waals surface area contributed by atoms with Crippen molar-refractivity contribution in [1.29, 1.82) is 10.5 Å². The average molecular weight is 200 g/mol. The number of nitriles is 2. The van der Waals surface area contributed by atoms with Crippen molar-refractivity contribution in [2.75, 3.05) is 0 Å². The molecule has 0 aromatic rings. The van der Waals surface area contributed by atoms with Crippen molar-refractivity contribution in [1.82, 2.24) is 0 Å². The lowest BCUT2D eigenvalue weighted by Gasteiger charge is -2.32. The SMILES string of the molecule is CC1=CC(C=C(C#N)C#N)CC(C)(C)C1. The molecule has 1 unspecified atom stereocenters. The van der Waals surface area contributed by atoms with Gasteiger partial charge in [0.05, 0.1) is 0 Å². The van der Waals surface area contributed by atoms with E-state index in [4.69, 9.17) is 10.5 Å². The van der Waals surface area contributed by atoms with Crippen molar-refractivity contribution in [2.45, 2.75) is 33.6 Å². The minimum Gasteiger partial charge on any atom is -0.192 e. The second-order valence-corrected chi connectivity index (χ2v) is 5.03. The first-order valence-corrected chi connectivity index (χ1v) is 5.16. The van der Waals surface area contributed by atoms with E-state index in [1.54, 1.807) is 6.08 Å². The van der Waals surface area contributed by atoms with Crippen LogP contribution in [-0.2, 0) is 0 Å². The molecular weight excluding hydrogens is 184 g/mol. The lowest BCUT2D eigenvalue weighted by molar-refractivity contribution is 0.292. The van der Waals surface area contributed by atoms with Gasteiger partial charge in [0.15, 0.2) is 0 Å². The molecule has 2 nitrogen and oxygen atoms in total. The highest BCUT2D eigenvalue weighted by atomic mass is 14.3. The summed E-state index contributed by atoms with van der Waals surface area (Å²) in [5.74, 6) is 0.239. The van der Waals surface area contributed by atoms with Crippen LogP contribution in [-0.4, -0.2) is 0 Å². The second-order valence-electron chi connectivity index (χ2n) is 5.03. The summed E-state index contributed by atoms with van der Waals surface area (Å²) >= 11 is 0. The van der Waals surface area contributed by atoms with Crippen LogP contribution >= 0.6 is 0 Å². The monoisotopic (exact) mass is 200 g/mol. The fraction of sp³-hybridized carbons (Fsp3) is 0.538. The Morgan fingerprint density at radius 1 is 1.47 bits per heavy atom. The van der Waals surface area contributed by atoms with Gasteiger partial charge in [-0.25, -0.2) is 0 Å². The highest BCUT2D eigenvalue weighted by Crippen LogP contribution is 2.38. The summed E-state index contributed by atoms with van der Waals surface area (Å²) in [6, 6.07) is 3.82. The molecular formula is C13H16N2. The summed E-state index contributed by atoms with van der Waals surface area (Å²) in [5, 5.41) is 17.4. The maximum Gasteiger partial charge on any atom is 0.126 e. The molecule has 0 heterocycles. The lowest BCUT2D eigenvalue weighted by atomic mass is 9.73. The minimum absolute atomic E-state index is 0.224. The Bertz CT molecular complexity index is 370. The third-order valence-electron chi connectivity index (χ3n) is 2.67. The van der Waals surface area contributed by atoms with Crippen LogP contribution in [0, 0.1) is 34.0 Å². The van der Waals surface area contributed by atoms with E-state index in [-0.39, 0.29) is 16.9 Å². The number of allylic oxidation sites excluding steroid dienone is 4. The van der Waals surface area contributed by atoms with E-state index in [0.717, 1.165) is 12.8 Å². The molecule has 0 aromatic carbocycles. The van der Waals surface area contributed by atoms with Crippen LogP contribution in [0.3, 0.4) is 0 Å². The molecule has 0 radical (unpaired) electrons. The Balaban J connectivity index is 2.91. The predicted octanol–water partition coefficient (Wildman–Crippen LogP) is 3.34. The summed E-state index contributed by atoms with van der Waals surface area (Å²) in [6.45, 7) is 6.56. The molecule has 0 aromatic heterocycles. The van der Waals surface area contributed by atoms with Crippen molar-refractivity contribution < 1.29 is 0 Å². The zero-order valence-electron chi connectivity index (χ0n) is 9.54. The van der Waals surface area contributed by atoms with Crippen LogP contribution < -0.4 is 0 Å². The standard InChI is InChI=1S/C13H16N2/c1-10-4-11(5-12(8-14)9-15)7-13(2,3)6-10/h4-5,11H,6-7H2,1-3H3. The van der Waals surface area contributed by atoms with Gasteiger partial charge in [0, 0.05) is 0 Å². The second kappa shape index (κ2) is 4.32. The molecule has 0 N–H and O–H groups in total. The fourth-order valence-corrected chi connectivity index (χ4v) is 2.37. The van der Waals surface area contributed by atoms with Gasteiger partial charge in [-0.1, -0.05) is 25.5 Å². The molecule has 0 fully saturated rings. The number of hydrogen-bond donors (Lipinski definition) is 0. The Morgan fingerprint density at radius 2 is 2.07 bits per heavy atom. The summed E-state index contributed by atoms with van der Waals surface area (Å²) in [5.41, 5.74) is 1.85. The van der Waals surface area contributed by atoms with E-state index in [0.29, 0.717) is 0 Å². The first kappa shape index (κ1) is 11.5. The Hall–Kier alpha value is -1.54. The van der Waals surface area contributed by atoms with Crippen LogP contribution in [0.5, 0.6) is 0 Å². The quantitative estimate of drug-likeness (QED) is 0.481. The highest BCUT2D eigenvalue weighted by molar-refractivity contribution is 5.37. The van der Waals surface area contributed by atoms with E-state index in [2.05, 4.69) is 26.8 Å². The summed E-state index contributed by atoms with van der Waals surface area (Å²) in [7, 11) is 0. The molecule has 0 bridgehead atoms. The third kappa shape index (κ3) is 3.26. The van der Waals surface area contributed by atoms with Gasteiger partial charge >= 0.3 is 0 Å². The van der Waals surface area contributed by atoms with Gasteiger partial charge in [-0.15, -0.1) is 0 Å². The molecule has 0 amide bonds. The zero-order chi connectivity index (χ0) is 11.5. The molecule has 15 heavy (non-hydrogen) atoms. The van der Waals surface area contributed by atoms with Gasteiger partial charge in [-0.2, -0.15) is 10.5 Å². The normalized spacial score (nSPS) is 23.3. The van der Waals surface area contributed by atoms with Crippen LogP contribution in [0.1, 0.15) is 33.6 Å². The average Bonchev–Trinajstić information content (AvgIpc) is 2.10. The molecule has 1 aliphatic carbocycles. The van der Waals surface area contributed by atoms with Crippen molar-refractivity contribution in [3.05, 3.63) is 23.3 Å². The molecule has 0 aliphatic heterocycles. The molecule has 1 atom stereocenters. The molecule has 78 valence electrons. The van der Waals surface area contributed by atoms with Gasteiger partial charge in [-0.05, 0) is 37.2 Å². The maximum atomic E-state index is 8.69. The van der Waals surface area contributed by atoms with Gasteiger partial charge in [0.2, 0.25) is 0 Å². The predicted molar refractivity (Wildman–Crippen MR) is 59.6 cm³/mol. The summed E-state index contributed by atoms with van der Waals surface area (Å²) in [6.07, 6.45) is 6.06. The van der Waals surface area contributed by atoms with Crippen LogP contribution in [0.2, 0.25) is 0 Å². The van der Waals surface area contributed by atoms with Crippen molar-refractivity contribution >= 4 is 0 Å². The Kier molecular flexibility index (Phi) is 3.32. The fourth-order valence-electron chi connectivity index (χ4n) is 2.37. The molecule has 2 heteroatoms. The summed E-state index contributed by atoms with van der Waals surface area (Å²) < 4.78 is 0. The smallest absolute Gasteiger partial charge is 0.126 e. The van der Waals surface area contributed by atoms with Crippen LogP contribution in [0.25, 0.3) is 0 Å². The van der Waals surface area contributed by atoms with Gasteiger partial charge in [0.1, 0.15) is 17.7 Å². The van der Waals surface area contributed by atoms with E-state index >= 15 is 0 Å². The van der Waals surface area contributed by atoms with Gasteiger partial charge in [-0.3, -0.25) is 0 Å². The van der Waals surface area contributed by atoms with Crippen molar-refractivity contribution in [3.8, 4) is 12.1 Å². The van der Waals surface area contributed by atoms with E-state index in [1.165, 1.54) is 5.57 Å². The Labute approximate surface area is 91.5 Å². The number of nitrogens with zero attached hydrogens (tertiary/aromatic N) is 2. The first-order chi connectivity index (χ1) is 6.96. The molecule has 0 spiro atoms. The van der Waals surface area contributed by atoms with E-state index in [1.807, 2.05) is 12.1 Å². The molecule has 1 aliphatic rings. The molecule has 1 rings (SSSR count). The Morgan fingerprint density at radius 3 is 2.53 bits per heavy atom. The topological polar surface area (TPSA) is 47.6 Å². The lowest BCUT2D eigenvalue weighted by Crippen LogP contribution is -2.20. The van der Waals surface area contributed by atoms with Crippen LogP contribution in [0.15, 0.2) is 23.3 Å². The molecule has 0 saturated heterocycles. The highest BCUT2D eigenvalue weighted by Gasteiger charge is 2.26. The van der Waals surface area contributed by atoms with Crippen molar-refractivity contribution in [2.24, 2.45) is 11.3 Å². The van der Waals surface area contributed by atoms with Crippen molar-refractivity contribution in [3.63, 3.8) is 0 Å². The van der Waals surface area contributed by atoms with Crippen LogP contribution in [0.4, 0.5) is 0 Å². The first-order valence-electron chi connectivity index (χ1n) is 5.16. The minimum atomic E-state index is 0.224. The van der Waals surface area contributed by atoms with Gasteiger partial charge < -0.3 is 0 Å². The largest absolute Gasteiger partial charge is 0.192 e. The molecule has 0 saturated carbocycles. The number of hydrogen-bond acceptors (Lipinski definition) is 2. The third-order valence-corrected chi connectivity index (χ3v) is 2.67. The van der Waals surface area contributed by atoms with Gasteiger partial charge in [0.25, 0.3) is 0 Å².